The Morgan fingerprint density at radius 1 is 1.37 bits per heavy atom. The summed E-state index contributed by atoms with van der Waals surface area (Å²) in [5, 5.41) is 0. The van der Waals surface area contributed by atoms with Crippen molar-refractivity contribution in [3.05, 3.63) is 46.6 Å². The molecule has 0 aliphatic carbocycles. The van der Waals surface area contributed by atoms with E-state index < -0.39 is 0 Å². The molecule has 1 heterocycles. The van der Waals surface area contributed by atoms with Crippen LogP contribution in [0.15, 0.2) is 41.0 Å². The summed E-state index contributed by atoms with van der Waals surface area (Å²) in [7, 11) is 3.66. The van der Waals surface area contributed by atoms with Crippen LogP contribution in [0.1, 0.15) is 5.56 Å². The van der Waals surface area contributed by atoms with Crippen LogP contribution in [0.25, 0.3) is 0 Å². The molecule has 5 heteroatoms. The molecule has 0 saturated carbocycles. The first-order valence-electron chi connectivity index (χ1n) is 5.85. The minimum atomic E-state index is 0.644. The first-order chi connectivity index (χ1) is 9.10. The van der Waals surface area contributed by atoms with Crippen LogP contribution in [0, 0.1) is 0 Å². The monoisotopic (exact) mass is 321 g/mol. The highest BCUT2D eigenvalue weighted by molar-refractivity contribution is 9.10. The summed E-state index contributed by atoms with van der Waals surface area (Å²) >= 11 is 3.48. The van der Waals surface area contributed by atoms with Crippen molar-refractivity contribution in [2.75, 3.05) is 24.8 Å². The molecule has 0 aliphatic heterocycles. The second kappa shape index (κ2) is 5.93. The van der Waals surface area contributed by atoms with Gasteiger partial charge >= 0.3 is 0 Å². The second-order valence-electron chi connectivity index (χ2n) is 4.28. The van der Waals surface area contributed by atoms with Crippen molar-refractivity contribution >= 4 is 27.4 Å². The van der Waals surface area contributed by atoms with Gasteiger partial charge in [0.05, 0.1) is 23.5 Å². The second-order valence-corrected chi connectivity index (χ2v) is 5.14. The zero-order valence-corrected chi connectivity index (χ0v) is 12.5. The molecule has 0 radical (unpaired) electrons. The minimum Gasteiger partial charge on any atom is -0.497 e. The van der Waals surface area contributed by atoms with Crippen LogP contribution in [0.2, 0.25) is 0 Å². The number of pyridine rings is 1. The molecule has 4 nitrogen and oxygen atoms in total. The number of aromatic nitrogens is 1. The molecule has 2 rings (SSSR count). The molecule has 0 unspecified atom stereocenters. The summed E-state index contributed by atoms with van der Waals surface area (Å²) in [6.07, 6.45) is 1.65. The van der Waals surface area contributed by atoms with E-state index in [9.17, 15) is 0 Å². The van der Waals surface area contributed by atoms with Crippen molar-refractivity contribution in [1.82, 2.24) is 4.98 Å². The van der Waals surface area contributed by atoms with E-state index in [1.807, 2.05) is 31.3 Å². The maximum Gasteiger partial charge on any atom is 0.143 e. The summed E-state index contributed by atoms with van der Waals surface area (Å²) in [4.78, 5) is 6.39. The quantitative estimate of drug-likeness (QED) is 0.940. The molecule has 2 aromatic rings. The molecular formula is C14H16BrN3O. The predicted molar refractivity (Wildman–Crippen MR) is 81.5 cm³/mol. The van der Waals surface area contributed by atoms with Gasteiger partial charge in [-0.1, -0.05) is 12.1 Å². The number of rotatable bonds is 4. The van der Waals surface area contributed by atoms with E-state index in [0.717, 1.165) is 28.1 Å². The third-order valence-electron chi connectivity index (χ3n) is 2.76. The van der Waals surface area contributed by atoms with Crippen molar-refractivity contribution in [2.24, 2.45) is 0 Å². The lowest BCUT2D eigenvalue weighted by Crippen LogP contribution is -2.18. The van der Waals surface area contributed by atoms with Crippen LogP contribution in [-0.4, -0.2) is 19.1 Å². The topological polar surface area (TPSA) is 51.4 Å². The van der Waals surface area contributed by atoms with Gasteiger partial charge in [0.1, 0.15) is 11.6 Å². The van der Waals surface area contributed by atoms with E-state index in [-0.39, 0.29) is 0 Å². The molecule has 2 N–H and O–H groups in total. The van der Waals surface area contributed by atoms with Gasteiger partial charge in [0, 0.05) is 13.6 Å². The van der Waals surface area contributed by atoms with Gasteiger partial charge < -0.3 is 15.4 Å². The zero-order chi connectivity index (χ0) is 13.8. The number of methoxy groups -OCH3 is 1. The van der Waals surface area contributed by atoms with Crippen molar-refractivity contribution in [3.63, 3.8) is 0 Å². The molecule has 1 aromatic carbocycles. The Hall–Kier alpha value is -1.75. The summed E-state index contributed by atoms with van der Waals surface area (Å²) in [6.45, 7) is 0.743. The van der Waals surface area contributed by atoms with Crippen LogP contribution in [0.4, 0.5) is 11.5 Å². The third-order valence-corrected chi connectivity index (χ3v) is 3.34. The molecule has 1 aromatic heterocycles. The van der Waals surface area contributed by atoms with Gasteiger partial charge in [-0.15, -0.1) is 0 Å². The Kier molecular flexibility index (Phi) is 4.27. The first-order valence-corrected chi connectivity index (χ1v) is 6.64. The number of nitrogens with two attached hydrogens (primary N) is 1. The fourth-order valence-corrected chi connectivity index (χ4v) is 2.52. The average molecular weight is 322 g/mol. The van der Waals surface area contributed by atoms with Crippen molar-refractivity contribution in [2.45, 2.75) is 6.54 Å². The molecule has 19 heavy (non-hydrogen) atoms. The number of nitrogens with zero attached hydrogens (tertiary/aromatic N) is 2. The number of hydrogen-bond donors (Lipinski definition) is 1. The van der Waals surface area contributed by atoms with E-state index >= 15 is 0 Å². The lowest BCUT2D eigenvalue weighted by atomic mass is 10.2. The van der Waals surface area contributed by atoms with Crippen LogP contribution < -0.4 is 15.4 Å². The molecule has 0 bridgehead atoms. The maximum absolute atomic E-state index is 5.69. The number of hydrogen-bond acceptors (Lipinski definition) is 4. The molecule has 0 spiro atoms. The summed E-state index contributed by atoms with van der Waals surface area (Å²) in [6, 6.07) is 9.84. The van der Waals surface area contributed by atoms with Crippen LogP contribution in [0.3, 0.4) is 0 Å². The normalized spacial score (nSPS) is 10.3. The van der Waals surface area contributed by atoms with Crippen LogP contribution >= 0.6 is 15.9 Å². The zero-order valence-electron chi connectivity index (χ0n) is 10.9. The molecular weight excluding hydrogens is 306 g/mol. The Balaban J connectivity index is 2.17. The fraction of sp³-hybridized carbons (Fsp3) is 0.214. The van der Waals surface area contributed by atoms with Gasteiger partial charge in [0.25, 0.3) is 0 Å². The van der Waals surface area contributed by atoms with E-state index in [2.05, 4.69) is 31.9 Å². The number of benzene rings is 1. The SMILES string of the molecule is COc1cccc(CN(C)c2ncc(N)cc2Br)c1. The highest BCUT2D eigenvalue weighted by Crippen LogP contribution is 2.26. The summed E-state index contributed by atoms with van der Waals surface area (Å²) < 4.78 is 6.11. The number of nitrogen functional groups attached to an aromatic ring is 1. The maximum atomic E-state index is 5.69. The molecule has 0 saturated heterocycles. The lowest BCUT2D eigenvalue weighted by molar-refractivity contribution is 0.414. The molecule has 0 amide bonds. The van der Waals surface area contributed by atoms with Crippen molar-refractivity contribution in [1.29, 1.82) is 0 Å². The standard InChI is InChI=1S/C14H16BrN3O/c1-18(14-13(15)7-11(16)8-17-14)9-10-4-3-5-12(6-10)19-2/h3-8H,9,16H2,1-2H3. The van der Waals surface area contributed by atoms with Gasteiger partial charge in [-0.2, -0.15) is 0 Å². The van der Waals surface area contributed by atoms with E-state index in [1.54, 1.807) is 13.3 Å². The van der Waals surface area contributed by atoms with Gasteiger partial charge in [-0.3, -0.25) is 0 Å². The van der Waals surface area contributed by atoms with E-state index in [1.165, 1.54) is 0 Å². The molecule has 0 fully saturated rings. The van der Waals surface area contributed by atoms with E-state index in [4.69, 9.17) is 10.5 Å². The Morgan fingerprint density at radius 3 is 2.84 bits per heavy atom. The molecule has 0 aliphatic rings. The first kappa shape index (κ1) is 13.7. The third kappa shape index (κ3) is 3.38. The lowest BCUT2D eigenvalue weighted by Gasteiger charge is -2.20. The number of ether oxygens (including phenoxy) is 1. The van der Waals surface area contributed by atoms with Gasteiger partial charge in [-0.25, -0.2) is 4.98 Å². The van der Waals surface area contributed by atoms with Gasteiger partial charge in [0.2, 0.25) is 0 Å². The van der Waals surface area contributed by atoms with Gasteiger partial charge in [-0.05, 0) is 39.7 Å². The Bertz CT molecular complexity index is 574. The molecule has 100 valence electrons. The summed E-state index contributed by atoms with van der Waals surface area (Å²) in [5.74, 6) is 1.72. The highest BCUT2D eigenvalue weighted by atomic mass is 79.9. The van der Waals surface area contributed by atoms with Crippen LogP contribution in [-0.2, 0) is 6.54 Å². The highest BCUT2D eigenvalue weighted by Gasteiger charge is 2.08. The van der Waals surface area contributed by atoms with Gasteiger partial charge in [0.15, 0.2) is 0 Å². The fourth-order valence-electron chi connectivity index (χ4n) is 1.85. The average Bonchev–Trinajstić information content (AvgIpc) is 2.38. The van der Waals surface area contributed by atoms with Crippen LogP contribution in [0.5, 0.6) is 5.75 Å². The number of anilines is 2. The van der Waals surface area contributed by atoms with Crippen molar-refractivity contribution < 1.29 is 4.74 Å². The van der Waals surface area contributed by atoms with Crippen molar-refractivity contribution in [3.8, 4) is 5.75 Å². The Labute approximate surface area is 121 Å². The largest absolute Gasteiger partial charge is 0.497 e. The Morgan fingerprint density at radius 2 is 2.16 bits per heavy atom. The minimum absolute atomic E-state index is 0.644. The smallest absolute Gasteiger partial charge is 0.143 e. The predicted octanol–water partition coefficient (Wildman–Crippen LogP) is 3.07. The molecule has 0 atom stereocenters. The van der Waals surface area contributed by atoms with E-state index in [0.29, 0.717) is 5.69 Å². The summed E-state index contributed by atoms with van der Waals surface area (Å²) in [5.41, 5.74) is 7.49. The number of halogens is 1.